The lowest BCUT2D eigenvalue weighted by Gasteiger charge is -2.71. The van der Waals surface area contributed by atoms with E-state index >= 15 is 0 Å². The van der Waals surface area contributed by atoms with E-state index < -0.39 is 0 Å². The highest BCUT2D eigenvalue weighted by atomic mass is 16.5. The van der Waals surface area contributed by atoms with Crippen LogP contribution in [0.5, 0.6) is 0 Å². The van der Waals surface area contributed by atoms with Gasteiger partial charge in [0.1, 0.15) is 6.61 Å². The molecule has 4 saturated carbocycles. The molecule has 4 fully saturated rings. The number of allylic oxidation sites excluding steroid dienone is 1. The zero-order chi connectivity index (χ0) is 28.4. The van der Waals surface area contributed by atoms with Crippen LogP contribution >= 0.6 is 0 Å². The second-order valence-electron chi connectivity index (χ2n) is 16.1. The molecule has 0 saturated heterocycles. The molecule has 0 aromatic heterocycles. The van der Waals surface area contributed by atoms with Gasteiger partial charge < -0.3 is 4.74 Å². The summed E-state index contributed by atoms with van der Waals surface area (Å²) in [6, 6.07) is 10.2. The highest BCUT2D eigenvalue weighted by Crippen LogP contribution is 2.76. The number of hydrogen-bond acceptors (Lipinski definition) is 2. The highest BCUT2D eigenvalue weighted by molar-refractivity contribution is 5.78. The summed E-state index contributed by atoms with van der Waals surface area (Å²) >= 11 is 0. The number of carbonyl (C=O) groups excluding carboxylic acids is 1. The van der Waals surface area contributed by atoms with Crippen LogP contribution in [-0.2, 0) is 16.1 Å². The lowest BCUT2D eigenvalue weighted by Crippen LogP contribution is -2.65. The fraction of sp³-hybridized carbons (Fsp3) is 0.757. The maximum Gasteiger partial charge on any atom is 0.312 e. The third-order valence-electron chi connectivity index (χ3n) is 13.8. The van der Waals surface area contributed by atoms with Crippen molar-refractivity contribution in [3.05, 3.63) is 48.0 Å². The molecule has 1 aromatic rings. The van der Waals surface area contributed by atoms with Gasteiger partial charge in [-0.3, -0.25) is 4.79 Å². The monoisotopic (exact) mass is 532 g/mol. The zero-order valence-corrected chi connectivity index (χ0v) is 26.4. The van der Waals surface area contributed by atoms with Gasteiger partial charge in [0.25, 0.3) is 0 Å². The summed E-state index contributed by atoms with van der Waals surface area (Å²) in [5.41, 5.74) is 3.28. The van der Waals surface area contributed by atoms with E-state index in [9.17, 15) is 4.79 Å². The van der Waals surface area contributed by atoms with Gasteiger partial charge in [0.05, 0.1) is 5.41 Å². The van der Waals surface area contributed by atoms with Crippen LogP contribution in [0.1, 0.15) is 119 Å². The number of ether oxygens (including phenoxy) is 1. The third-order valence-corrected chi connectivity index (χ3v) is 13.8. The van der Waals surface area contributed by atoms with E-state index in [1.807, 2.05) is 18.2 Å². The molecule has 0 radical (unpaired) electrons. The second kappa shape index (κ2) is 9.77. The third kappa shape index (κ3) is 4.20. The standard InChI is InChI=1S/C37H56O2/c1-10-34(7)29(33(4,5)6)19-20-36(9)30(34)17-16-28-31-27(25(2)3)18-21-37(31,23-22-35(28,36)8)32(38)39-24-26-14-12-11-13-15-26/h11-15,27-31H,2,10,16-24H2,1,3-9H3/t27-,28+,29-,30+,31+,34-,35+,36+,37-/m0/s1. The molecule has 5 rings (SSSR count). The van der Waals surface area contributed by atoms with Crippen LogP contribution in [0.15, 0.2) is 42.5 Å². The first kappa shape index (κ1) is 28.9. The Morgan fingerprint density at radius 3 is 2.26 bits per heavy atom. The first-order valence-corrected chi connectivity index (χ1v) is 16.1. The molecule has 1 aromatic carbocycles. The summed E-state index contributed by atoms with van der Waals surface area (Å²) in [5.74, 6) is 2.94. The van der Waals surface area contributed by atoms with Crippen LogP contribution in [-0.4, -0.2) is 5.97 Å². The van der Waals surface area contributed by atoms with Crippen LogP contribution < -0.4 is 0 Å². The van der Waals surface area contributed by atoms with Crippen LogP contribution in [0.25, 0.3) is 0 Å². The summed E-state index contributed by atoms with van der Waals surface area (Å²) in [6.45, 7) is 25.0. The molecule has 2 nitrogen and oxygen atoms in total. The van der Waals surface area contributed by atoms with E-state index in [1.54, 1.807) is 0 Å². The second-order valence-corrected chi connectivity index (χ2v) is 16.1. The predicted octanol–water partition coefficient (Wildman–Crippen LogP) is 10.0. The van der Waals surface area contributed by atoms with Gasteiger partial charge in [0.15, 0.2) is 0 Å². The molecule has 0 amide bonds. The summed E-state index contributed by atoms with van der Waals surface area (Å²) in [5, 5.41) is 0. The Labute approximate surface area is 239 Å². The van der Waals surface area contributed by atoms with E-state index in [1.165, 1.54) is 37.7 Å². The van der Waals surface area contributed by atoms with Crippen LogP contribution in [0.2, 0.25) is 0 Å². The molecule has 0 bridgehead atoms. The minimum Gasteiger partial charge on any atom is -0.460 e. The van der Waals surface area contributed by atoms with Gasteiger partial charge in [-0.05, 0) is 115 Å². The Morgan fingerprint density at radius 2 is 1.64 bits per heavy atom. The van der Waals surface area contributed by atoms with Crippen LogP contribution in [0.3, 0.4) is 0 Å². The van der Waals surface area contributed by atoms with Gasteiger partial charge in [-0.1, -0.05) is 97.4 Å². The topological polar surface area (TPSA) is 26.3 Å². The maximum atomic E-state index is 14.1. The Balaban J connectivity index is 1.50. The molecule has 2 heteroatoms. The van der Waals surface area contributed by atoms with E-state index in [0.717, 1.165) is 43.1 Å². The van der Waals surface area contributed by atoms with Crippen molar-refractivity contribution in [1.82, 2.24) is 0 Å². The average Bonchev–Trinajstić information content (AvgIpc) is 3.29. The summed E-state index contributed by atoms with van der Waals surface area (Å²) in [7, 11) is 0. The normalized spacial score (nSPS) is 43.6. The molecular formula is C37H56O2. The van der Waals surface area contributed by atoms with E-state index in [4.69, 9.17) is 4.74 Å². The van der Waals surface area contributed by atoms with Crippen LogP contribution in [0, 0.1) is 56.7 Å². The largest absolute Gasteiger partial charge is 0.460 e. The van der Waals surface area contributed by atoms with E-state index in [-0.39, 0.29) is 16.8 Å². The molecule has 4 aliphatic carbocycles. The summed E-state index contributed by atoms with van der Waals surface area (Å²) in [4.78, 5) is 14.1. The maximum absolute atomic E-state index is 14.1. The van der Waals surface area contributed by atoms with Crippen LogP contribution in [0.4, 0.5) is 0 Å². The Kier molecular flexibility index (Phi) is 7.25. The Morgan fingerprint density at radius 1 is 0.949 bits per heavy atom. The zero-order valence-electron chi connectivity index (χ0n) is 26.4. The van der Waals surface area contributed by atoms with Gasteiger partial charge in [0, 0.05) is 0 Å². The molecule has 0 N–H and O–H groups in total. The average molecular weight is 533 g/mol. The quantitative estimate of drug-likeness (QED) is 0.278. The van der Waals surface area contributed by atoms with Crippen molar-refractivity contribution in [2.24, 2.45) is 56.7 Å². The van der Waals surface area contributed by atoms with Crippen molar-refractivity contribution in [3.8, 4) is 0 Å². The SMILES string of the molecule is C=C(C)[C@@H]1CC[C@]2(C(=O)OCc3ccccc3)CC[C@]3(C)[C@H](CC[C@@H]4[C@@](C)(CC)[C@H](C(C)(C)C)CC[C@]43C)[C@@H]12. The van der Waals surface area contributed by atoms with Gasteiger partial charge in [-0.15, -0.1) is 0 Å². The number of esters is 1. The fourth-order valence-electron chi connectivity index (χ4n) is 11.6. The number of hydrogen-bond donors (Lipinski definition) is 0. The first-order chi connectivity index (χ1) is 18.2. The smallest absolute Gasteiger partial charge is 0.312 e. The molecule has 0 heterocycles. The number of benzene rings is 1. The Bertz CT molecular complexity index is 1080. The molecular weight excluding hydrogens is 476 g/mol. The molecule has 39 heavy (non-hydrogen) atoms. The van der Waals surface area contributed by atoms with Crippen molar-refractivity contribution >= 4 is 5.97 Å². The van der Waals surface area contributed by atoms with Crippen molar-refractivity contribution in [3.63, 3.8) is 0 Å². The van der Waals surface area contributed by atoms with Crippen molar-refractivity contribution in [1.29, 1.82) is 0 Å². The van der Waals surface area contributed by atoms with Crippen molar-refractivity contribution in [2.45, 2.75) is 120 Å². The Hall–Kier alpha value is -1.57. The van der Waals surface area contributed by atoms with E-state index in [0.29, 0.717) is 40.6 Å². The highest BCUT2D eigenvalue weighted by Gasteiger charge is 2.71. The molecule has 9 atom stereocenters. The minimum atomic E-state index is -0.345. The number of carbonyl (C=O) groups is 1. The number of rotatable bonds is 5. The van der Waals surface area contributed by atoms with Gasteiger partial charge in [0.2, 0.25) is 0 Å². The van der Waals surface area contributed by atoms with Gasteiger partial charge in [-0.2, -0.15) is 0 Å². The van der Waals surface area contributed by atoms with Gasteiger partial charge in [-0.25, -0.2) is 0 Å². The van der Waals surface area contributed by atoms with Crippen molar-refractivity contribution < 1.29 is 9.53 Å². The molecule has 0 spiro atoms. The van der Waals surface area contributed by atoms with Gasteiger partial charge >= 0.3 is 5.97 Å². The molecule has 0 unspecified atom stereocenters. The molecule has 216 valence electrons. The lowest BCUT2D eigenvalue weighted by molar-refractivity contribution is -0.231. The summed E-state index contributed by atoms with van der Waals surface area (Å²) in [6.07, 6.45) is 10.7. The first-order valence-electron chi connectivity index (χ1n) is 16.1. The molecule has 4 aliphatic rings. The lowest BCUT2D eigenvalue weighted by atomic mass is 9.33. The molecule has 0 aliphatic heterocycles. The fourth-order valence-corrected chi connectivity index (χ4v) is 11.6. The van der Waals surface area contributed by atoms with E-state index in [2.05, 4.69) is 74.1 Å². The summed E-state index contributed by atoms with van der Waals surface area (Å²) < 4.78 is 6.18. The minimum absolute atomic E-state index is 0.0734. The predicted molar refractivity (Wildman–Crippen MR) is 162 cm³/mol. The van der Waals surface area contributed by atoms with Crippen molar-refractivity contribution in [2.75, 3.05) is 0 Å². The number of fused-ring (bicyclic) bond motifs is 5.